The lowest BCUT2D eigenvalue weighted by atomic mass is 10.2. The van der Waals surface area contributed by atoms with E-state index >= 15 is 0 Å². The molecular formula is C13H13NO4S. The van der Waals surface area contributed by atoms with E-state index in [4.69, 9.17) is 4.74 Å². The first-order chi connectivity index (χ1) is 8.93. The summed E-state index contributed by atoms with van der Waals surface area (Å²) in [6.45, 7) is 1.86. The number of nitrogens with one attached hydrogen (secondary N) is 1. The summed E-state index contributed by atoms with van der Waals surface area (Å²) in [5.74, 6) is 0.109. The van der Waals surface area contributed by atoms with Crippen LogP contribution in [0.25, 0.3) is 0 Å². The summed E-state index contributed by atoms with van der Waals surface area (Å²) >= 11 is 0. The summed E-state index contributed by atoms with van der Waals surface area (Å²) in [6, 6.07) is 8.63. The predicted octanol–water partition coefficient (Wildman–Crippen LogP) is 1.52. The van der Waals surface area contributed by atoms with Gasteiger partial charge in [0.1, 0.15) is 5.03 Å². The number of ether oxygens (including phenoxy) is 1. The van der Waals surface area contributed by atoms with Gasteiger partial charge >= 0.3 is 0 Å². The molecule has 0 radical (unpaired) electrons. The Hall–Kier alpha value is -2.08. The molecule has 2 aromatic rings. The van der Waals surface area contributed by atoms with Crippen molar-refractivity contribution in [3.05, 3.63) is 52.2 Å². The number of H-pyrrole nitrogens is 1. The Labute approximate surface area is 110 Å². The van der Waals surface area contributed by atoms with Gasteiger partial charge in [-0.3, -0.25) is 4.79 Å². The molecule has 0 saturated carbocycles. The highest BCUT2D eigenvalue weighted by molar-refractivity contribution is 7.91. The average molecular weight is 279 g/mol. The van der Waals surface area contributed by atoms with Crippen molar-refractivity contribution in [2.24, 2.45) is 0 Å². The number of hydrogen-bond donors (Lipinski definition) is 1. The molecular weight excluding hydrogens is 266 g/mol. The molecule has 0 aliphatic heterocycles. The molecule has 1 aromatic carbocycles. The van der Waals surface area contributed by atoms with E-state index in [1.165, 1.54) is 25.3 Å². The molecule has 1 N–H and O–H groups in total. The molecule has 0 bridgehead atoms. The molecule has 5 nitrogen and oxygen atoms in total. The number of pyridine rings is 1. The molecule has 0 saturated heterocycles. The fourth-order valence-electron chi connectivity index (χ4n) is 1.59. The lowest BCUT2D eigenvalue weighted by Gasteiger charge is -2.07. The van der Waals surface area contributed by atoms with Crippen molar-refractivity contribution in [1.82, 2.24) is 4.98 Å². The van der Waals surface area contributed by atoms with Crippen LogP contribution in [0.1, 0.15) is 5.56 Å². The summed E-state index contributed by atoms with van der Waals surface area (Å²) in [5.41, 5.74) is 0.527. The predicted molar refractivity (Wildman–Crippen MR) is 70.2 cm³/mol. The number of aromatic nitrogens is 1. The van der Waals surface area contributed by atoms with Crippen LogP contribution in [0.2, 0.25) is 0 Å². The van der Waals surface area contributed by atoms with E-state index in [-0.39, 0.29) is 15.8 Å². The first-order valence-corrected chi connectivity index (χ1v) is 7.02. The Morgan fingerprint density at radius 3 is 2.32 bits per heavy atom. The second-order valence-corrected chi connectivity index (χ2v) is 5.98. The summed E-state index contributed by atoms with van der Waals surface area (Å²) in [5, 5.41) is -0.180. The average Bonchev–Trinajstić information content (AvgIpc) is 2.38. The summed E-state index contributed by atoms with van der Waals surface area (Å²) in [4.78, 5) is 14.1. The number of methoxy groups -OCH3 is 1. The van der Waals surface area contributed by atoms with Gasteiger partial charge in [-0.05, 0) is 19.1 Å². The van der Waals surface area contributed by atoms with Crippen LogP contribution in [0.4, 0.5) is 0 Å². The highest BCUT2D eigenvalue weighted by Crippen LogP contribution is 2.19. The lowest BCUT2D eigenvalue weighted by Crippen LogP contribution is -2.10. The normalized spacial score (nSPS) is 11.3. The van der Waals surface area contributed by atoms with Crippen molar-refractivity contribution in [3.8, 4) is 5.88 Å². The molecule has 1 aromatic heterocycles. The minimum Gasteiger partial charge on any atom is -0.482 e. The maximum Gasteiger partial charge on any atom is 0.222 e. The van der Waals surface area contributed by atoms with Gasteiger partial charge in [0.15, 0.2) is 11.3 Å². The van der Waals surface area contributed by atoms with Gasteiger partial charge in [-0.1, -0.05) is 17.7 Å². The van der Waals surface area contributed by atoms with Gasteiger partial charge in [-0.25, -0.2) is 8.42 Å². The van der Waals surface area contributed by atoms with Gasteiger partial charge in [0.2, 0.25) is 9.84 Å². The fraction of sp³-hybridized carbons (Fsp3) is 0.154. The largest absolute Gasteiger partial charge is 0.482 e. The maximum absolute atomic E-state index is 12.3. The maximum atomic E-state index is 12.3. The van der Waals surface area contributed by atoms with Crippen LogP contribution >= 0.6 is 0 Å². The van der Waals surface area contributed by atoms with E-state index in [0.717, 1.165) is 11.6 Å². The van der Waals surface area contributed by atoms with E-state index < -0.39 is 15.3 Å². The van der Waals surface area contributed by atoms with Gasteiger partial charge in [-0.2, -0.15) is 0 Å². The molecule has 0 fully saturated rings. The van der Waals surface area contributed by atoms with E-state index in [1.807, 2.05) is 6.92 Å². The van der Waals surface area contributed by atoms with Gasteiger partial charge in [0.05, 0.1) is 12.0 Å². The number of aryl methyl sites for hydroxylation is 1. The third-order valence-electron chi connectivity index (χ3n) is 2.63. The van der Waals surface area contributed by atoms with E-state index in [9.17, 15) is 13.2 Å². The lowest BCUT2D eigenvalue weighted by molar-refractivity contribution is 0.393. The number of rotatable bonds is 3. The van der Waals surface area contributed by atoms with Gasteiger partial charge in [0, 0.05) is 12.1 Å². The molecule has 0 atom stereocenters. The minimum atomic E-state index is -3.75. The third kappa shape index (κ3) is 2.68. The SMILES string of the molecule is COc1cc(=O)cc(S(=O)(=O)c2ccc(C)cc2)[nH]1. The molecule has 0 aliphatic rings. The first-order valence-electron chi connectivity index (χ1n) is 5.53. The third-order valence-corrected chi connectivity index (χ3v) is 4.33. The quantitative estimate of drug-likeness (QED) is 0.924. The molecule has 0 spiro atoms. The van der Waals surface area contributed by atoms with Crippen LogP contribution in [-0.2, 0) is 9.84 Å². The van der Waals surface area contributed by atoms with Gasteiger partial charge in [-0.15, -0.1) is 0 Å². The molecule has 0 unspecified atom stereocenters. The van der Waals surface area contributed by atoms with Crippen molar-refractivity contribution in [2.75, 3.05) is 7.11 Å². The number of benzene rings is 1. The summed E-state index contributed by atoms with van der Waals surface area (Å²) < 4.78 is 29.5. The Morgan fingerprint density at radius 2 is 1.74 bits per heavy atom. The van der Waals surface area contributed by atoms with Crippen LogP contribution < -0.4 is 10.2 Å². The Morgan fingerprint density at radius 1 is 1.11 bits per heavy atom. The van der Waals surface area contributed by atoms with Crippen molar-refractivity contribution in [3.63, 3.8) is 0 Å². The van der Waals surface area contributed by atoms with Gasteiger partial charge in [0.25, 0.3) is 0 Å². The zero-order valence-electron chi connectivity index (χ0n) is 10.5. The minimum absolute atomic E-state index is 0.109. The smallest absolute Gasteiger partial charge is 0.222 e. The van der Waals surface area contributed by atoms with Crippen molar-refractivity contribution in [2.45, 2.75) is 16.8 Å². The second kappa shape index (κ2) is 4.89. The molecule has 0 aliphatic carbocycles. The molecule has 100 valence electrons. The summed E-state index contributed by atoms with van der Waals surface area (Å²) in [6.07, 6.45) is 0. The van der Waals surface area contributed by atoms with Crippen molar-refractivity contribution < 1.29 is 13.2 Å². The Balaban J connectivity index is 2.59. The van der Waals surface area contributed by atoms with Crippen LogP contribution in [0.5, 0.6) is 5.88 Å². The Bertz CT molecular complexity index is 745. The molecule has 1 heterocycles. The van der Waals surface area contributed by atoms with Crippen molar-refractivity contribution >= 4 is 9.84 Å². The standard InChI is InChI=1S/C13H13NO4S/c1-9-3-5-11(6-4-9)19(16,17)13-8-10(15)7-12(14-13)18-2/h3-8H,1-2H3,(H,14,15). The van der Waals surface area contributed by atoms with E-state index in [1.54, 1.807) is 12.1 Å². The van der Waals surface area contributed by atoms with Gasteiger partial charge < -0.3 is 9.72 Å². The number of sulfone groups is 1. The number of aromatic amines is 1. The molecule has 6 heteroatoms. The highest BCUT2D eigenvalue weighted by Gasteiger charge is 2.19. The molecule has 2 rings (SSSR count). The number of hydrogen-bond acceptors (Lipinski definition) is 4. The second-order valence-electron chi connectivity index (χ2n) is 4.07. The monoisotopic (exact) mass is 279 g/mol. The van der Waals surface area contributed by atoms with Crippen LogP contribution in [0.3, 0.4) is 0 Å². The van der Waals surface area contributed by atoms with Crippen LogP contribution in [0.15, 0.2) is 51.1 Å². The van der Waals surface area contributed by atoms with Crippen LogP contribution in [0, 0.1) is 6.92 Å². The summed E-state index contributed by atoms with van der Waals surface area (Å²) in [7, 11) is -2.39. The topological polar surface area (TPSA) is 76.2 Å². The molecule has 19 heavy (non-hydrogen) atoms. The Kier molecular flexibility index (Phi) is 3.44. The van der Waals surface area contributed by atoms with Crippen molar-refractivity contribution in [1.29, 1.82) is 0 Å². The van der Waals surface area contributed by atoms with E-state index in [2.05, 4.69) is 4.98 Å². The van der Waals surface area contributed by atoms with E-state index in [0.29, 0.717) is 0 Å². The zero-order chi connectivity index (χ0) is 14.0. The first kappa shape index (κ1) is 13.4. The fourth-order valence-corrected chi connectivity index (χ4v) is 2.85. The van der Waals surface area contributed by atoms with Crippen LogP contribution in [-0.4, -0.2) is 20.5 Å². The zero-order valence-corrected chi connectivity index (χ0v) is 11.3. The molecule has 0 amide bonds. The highest BCUT2D eigenvalue weighted by atomic mass is 32.2.